The lowest BCUT2D eigenvalue weighted by Gasteiger charge is -2.10. The lowest BCUT2D eigenvalue weighted by Crippen LogP contribution is -2.02. The molecule has 0 amide bonds. The second kappa shape index (κ2) is 7.07. The molecule has 3 rings (SSSR count). The maximum absolute atomic E-state index is 8.86. The fraction of sp³-hybridized carbons (Fsp3) is 0.222. The number of ether oxygens (including phenoxy) is 1. The highest BCUT2D eigenvalue weighted by molar-refractivity contribution is 5.86. The van der Waals surface area contributed by atoms with Crippen LogP contribution in [-0.2, 0) is 0 Å². The summed E-state index contributed by atoms with van der Waals surface area (Å²) < 4.78 is 5.82. The molecule has 0 fully saturated rings. The number of aliphatic hydroxyl groups excluding tert-OH is 1. The van der Waals surface area contributed by atoms with Crippen LogP contribution in [0.1, 0.15) is 12.8 Å². The van der Waals surface area contributed by atoms with Crippen LogP contribution in [-0.4, -0.2) is 28.3 Å². The van der Waals surface area contributed by atoms with Crippen molar-refractivity contribution in [3.8, 4) is 17.1 Å². The molecule has 0 spiro atoms. The molecule has 0 radical (unpaired) electrons. The molecular weight excluding hydrogens is 290 g/mol. The Hall–Kier alpha value is -2.66. The van der Waals surface area contributed by atoms with Crippen LogP contribution < -0.4 is 10.5 Å². The average molecular weight is 309 g/mol. The summed E-state index contributed by atoms with van der Waals surface area (Å²) in [6.07, 6.45) is 3.25. The van der Waals surface area contributed by atoms with E-state index in [-0.39, 0.29) is 6.61 Å². The Kier molecular flexibility index (Phi) is 4.68. The molecule has 5 nitrogen and oxygen atoms in total. The predicted octanol–water partition coefficient (Wildman–Crippen LogP) is 3.03. The maximum atomic E-state index is 8.86. The number of aliphatic hydroxyl groups is 1. The van der Waals surface area contributed by atoms with E-state index in [0.29, 0.717) is 24.6 Å². The second-order valence-corrected chi connectivity index (χ2v) is 5.28. The van der Waals surface area contributed by atoms with E-state index in [2.05, 4.69) is 9.97 Å². The number of anilines is 1. The third kappa shape index (κ3) is 3.57. The van der Waals surface area contributed by atoms with Gasteiger partial charge in [-0.2, -0.15) is 0 Å². The van der Waals surface area contributed by atoms with Gasteiger partial charge in [-0.15, -0.1) is 0 Å². The highest BCUT2D eigenvalue weighted by Crippen LogP contribution is 2.28. The van der Waals surface area contributed by atoms with Crippen LogP contribution in [0.4, 0.5) is 5.69 Å². The largest absolute Gasteiger partial charge is 0.477 e. The number of unbranched alkanes of at least 4 members (excludes halogenated alkanes) is 1. The van der Waals surface area contributed by atoms with Crippen molar-refractivity contribution < 1.29 is 9.84 Å². The number of hydrogen-bond donors (Lipinski definition) is 2. The molecule has 23 heavy (non-hydrogen) atoms. The van der Waals surface area contributed by atoms with E-state index in [4.69, 9.17) is 15.6 Å². The van der Waals surface area contributed by atoms with Crippen LogP contribution in [0.5, 0.6) is 5.88 Å². The van der Waals surface area contributed by atoms with Gasteiger partial charge in [-0.05, 0) is 43.2 Å². The third-order valence-electron chi connectivity index (χ3n) is 3.56. The van der Waals surface area contributed by atoms with Crippen LogP contribution in [0.25, 0.3) is 22.2 Å². The van der Waals surface area contributed by atoms with E-state index < -0.39 is 0 Å². The highest BCUT2D eigenvalue weighted by Gasteiger charge is 2.09. The van der Waals surface area contributed by atoms with Crippen molar-refractivity contribution in [3.63, 3.8) is 0 Å². The summed E-state index contributed by atoms with van der Waals surface area (Å²) in [7, 11) is 0. The van der Waals surface area contributed by atoms with E-state index in [1.165, 1.54) is 0 Å². The van der Waals surface area contributed by atoms with E-state index in [0.717, 1.165) is 28.6 Å². The molecule has 0 aliphatic rings. The van der Waals surface area contributed by atoms with Crippen molar-refractivity contribution in [3.05, 3.63) is 48.7 Å². The number of benzene rings is 1. The number of nitrogens with zero attached hydrogens (tertiary/aromatic N) is 2. The Bertz CT molecular complexity index is 788. The second-order valence-electron chi connectivity index (χ2n) is 5.28. The van der Waals surface area contributed by atoms with Crippen molar-refractivity contribution in [2.45, 2.75) is 12.8 Å². The number of aromatic nitrogens is 2. The maximum Gasteiger partial charge on any atom is 0.223 e. The molecule has 0 unspecified atom stereocenters. The van der Waals surface area contributed by atoms with Crippen LogP contribution >= 0.6 is 0 Å². The van der Waals surface area contributed by atoms with Crippen molar-refractivity contribution in [1.29, 1.82) is 0 Å². The fourth-order valence-electron chi connectivity index (χ4n) is 2.34. The van der Waals surface area contributed by atoms with Gasteiger partial charge < -0.3 is 15.6 Å². The monoisotopic (exact) mass is 309 g/mol. The topological polar surface area (TPSA) is 81.3 Å². The molecule has 2 heterocycles. The van der Waals surface area contributed by atoms with Gasteiger partial charge in [0, 0.05) is 24.1 Å². The van der Waals surface area contributed by atoms with Crippen molar-refractivity contribution in [2.75, 3.05) is 18.9 Å². The number of nitrogen functional groups attached to an aromatic ring is 1. The molecular formula is C18H19N3O2. The quantitative estimate of drug-likeness (QED) is 0.540. The van der Waals surface area contributed by atoms with Gasteiger partial charge in [-0.25, -0.2) is 4.98 Å². The minimum atomic E-state index is 0.171. The molecule has 5 heteroatoms. The SMILES string of the molecule is Nc1ccc(-c2cc3ncccc3c(OCCCCO)n2)cc1. The van der Waals surface area contributed by atoms with Gasteiger partial charge in [0.25, 0.3) is 0 Å². The Morgan fingerprint density at radius 2 is 1.91 bits per heavy atom. The molecule has 0 saturated carbocycles. The van der Waals surface area contributed by atoms with Crippen LogP contribution in [0.3, 0.4) is 0 Å². The highest BCUT2D eigenvalue weighted by atomic mass is 16.5. The summed E-state index contributed by atoms with van der Waals surface area (Å²) in [5, 5.41) is 9.74. The van der Waals surface area contributed by atoms with E-state index in [9.17, 15) is 0 Å². The molecule has 0 saturated heterocycles. The first-order valence-corrected chi connectivity index (χ1v) is 7.63. The smallest absolute Gasteiger partial charge is 0.223 e. The van der Waals surface area contributed by atoms with Gasteiger partial charge in [0.1, 0.15) is 0 Å². The van der Waals surface area contributed by atoms with Crippen molar-refractivity contribution >= 4 is 16.6 Å². The fourth-order valence-corrected chi connectivity index (χ4v) is 2.34. The number of pyridine rings is 2. The Labute approximate surface area is 134 Å². The lowest BCUT2D eigenvalue weighted by molar-refractivity contribution is 0.250. The van der Waals surface area contributed by atoms with Crippen molar-refractivity contribution in [1.82, 2.24) is 9.97 Å². The molecule has 118 valence electrons. The summed E-state index contributed by atoms with van der Waals surface area (Å²) in [5.74, 6) is 0.570. The van der Waals surface area contributed by atoms with Crippen LogP contribution in [0.15, 0.2) is 48.7 Å². The summed E-state index contributed by atoms with van der Waals surface area (Å²) in [6.45, 7) is 0.688. The molecule has 0 aliphatic carbocycles. The summed E-state index contributed by atoms with van der Waals surface area (Å²) in [5.41, 5.74) is 9.06. The molecule has 0 atom stereocenters. The standard InChI is InChI=1S/C18H19N3O2/c19-14-7-5-13(6-8-14)16-12-17-15(4-3-9-20-17)18(21-16)23-11-2-1-10-22/h3-9,12,22H,1-2,10-11,19H2. The van der Waals surface area contributed by atoms with Crippen LogP contribution in [0, 0.1) is 0 Å². The van der Waals surface area contributed by atoms with E-state index in [1.54, 1.807) is 6.20 Å². The van der Waals surface area contributed by atoms with Gasteiger partial charge in [0.05, 0.1) is 23.2 Å². The van der Waals surface area contributed by atoms with Crippen molar-refractivity contribution in [2.24, 2.45) is 0 Å². The minimum Gasteiger partial charge on any atom is -0.477 e. The molecule has 0 bridgehead atoms. The Balaban J connectivity index is 1.97. The first-order valence-electron chi connectivity index (χ1n) is 7.63. The van der Waals surface area contributed by atoms with E-state index >= 15 is 0 Å². The summed E-state index contributed by atoms with van der Waals surface area (Å²) in [4.78, 5) is 9.04. The van der Waals surface area contributed by atoms with Gasteiger partial charge in [-0.3, -0.25) is 4.98 Å². The number of nitrogens with two attached hydrogens (primary N) is 1. The van der Waals surface area contributed by atoms with Gasteiger partial charge in [0.2, 0.25) is 5.88 Å². The third-order valence-corrected chi connectivity index (χ3v) is 3.56. The summed E-state index contributed by atoms with van der Waals surface area (Å²) >= 11 is 0. The molecule has 3 N–H and O–H groups in total. The number of fused-ring (bicyclic) bond motifs is 1. The zero-order valence-electron chi connectivity index (χ0n) is 12.8. The Morgan fingerprint density at radius 1 is 1.09 bits per heavy atom. The number of hydrogen-bond acceptors (Lipinski definition) is 5. The first-order chi connectivity index (χ1) is 11.3. The molecule has 2 aromatic heterocycles. The zero-order chi connectivity index (χ0) is 16.1. The lowest BCUT2D eigenvalue weighted by atomic mass is 10.1. The average Bonchev–Trinajstić information content (AvgIpc) is 2.59. The predicted molar refractivity (Wildman–Crippen MR) is 91.2 cm³/mol. The molecule has 3 aromatic rings. The van der Waals surface area contributed by atoms with E-state index in [1.807, 2.05) is 42.5 Å². The van der Waals surface area contributed by atoms with Gasteiger partial charge in [0.15, 0.2) is 0 Å². The van der Waals surface area contributed by atoms with Crippen LogP contribution in [0.2, 0.25) is 0 Å². The normalized spacial score (nSPS) is 10.8. The Morgan fingerprint density at radius 3 is 2.70 bits per heavy atom. The van der Waals surface area contributed by atoms with Gasteiger partial charge >= 0.3 is 0 Å². The van der Waals surface area contributed by atoms with Gasteiger partial charge in [-0.1, -0.05) is 12.1 Å². The minimum absolute atomic E-state index is 0.171. The number of rotatable bonds is 6. The summed E-state index contributed by atoms with van der Waals surface area (Å²) in [6, 6.07) is 13.3. The first kappa shape index (κ1) is 15.2. The molecule has 0 aliphatic heterocycles. The molecule has 1 aromatic carbocycles. The zero-order valence-corrected chi connectivity index (χ0v) is 12.8.